The maximum absolute atomic E-state index is 14.9. The van der Waals surface area contributed by atoms with Crippen molar-refractivity contribution in [3.05, 3.63) is 65.0 Å². The lowest BCUT2D eigenvalue weighted by Crippen LogP contribution is -2.52. The van der Waals surface area contributed by atoms with Crippen molar-refractivity contribution in [3.8, 4) is 11.5 Å². The molecular weight excluding hydrogens is 543 g/mol. The Labute approximate surface area is 241 Å². The predicted octanol–water partition coefficient (Wildman–Crippen LogP) is 2.83. The van der Waals surface area contributed by atoms with Crippen LogP contribution >= 0.6 is 7.59 Å². The van der Waals surface area contributed by atoms with Crippen LogP contribution in [0.2, 0.25) is 0 Å². The number of pyridine rings is 1. The standard InChI is InChI=1S/C29H39N6O5P/c1-21-26(29(37)30-41(38,33-14-10-31(2)11-15-33)34-16-12-32(3)13-17-34)25-8-6-7-9-35(25)27(21)28(36)22-18-23(39-4)20-24(19-22)40-5/h6-9,18-20H,10-17H2,1-5H3,(H,30,37,38). The van der Waals surface area contributed by atoms with Gasteiger partial charge in [0.15, 0.2) is 0 Å². The minimum atomic E-state index is -3.45. The van der Waals surface area contributed by atoms with E-state index < -0.39 is 13.5 Å². The summed E-state index contributed by atoms with van der Waals surface area (Å²) in [6.45, 7) is 7.22. The number of hydrogen-bond acceptors (Lipinski definition) is 7. The summed E-state index contributed by atoms with van der Waals surface area (Å²) in [5.74, 6) is 0.255. The summed E-state index contributed by atoms with van der Waals surface area (Å²) in [7, 11) is 3.70. The van der Waals surface area contributed by atoms with E-state index in [-0.39, 0.29) is 5.78 Å². The highest BCUT2D eigenvalue weighted by molar-refractivity contribution is 7.57. The summed E-state index contributed by atoms with van der Waals surface area (Å²) in [5, 5.41) is 3.01. The molecule has 1 aromatic carbocycles. The largest absolute Gasteiger partial charge is 0.497 e. The Bertz CT molecular complexity index is 1440. The van der Waals surface area contributed by atoms with Crippen molar-refractivity contribution < 1.29 is 23.6 Å². The number of rotatable bonds is 8. The summed E-state index contributed by atoms with van der Waals surface area (Å²) >= 11 is 0. The Morgan fingerprint density at radius 1 is 0.829 bits per heavy atom. The zero-order chi connectivity index (χ0) is 29.3. The Morgan fingerprint density at radius 3 is 1.88 bits per heavy atom. The highest BCUT2D eigenvalue weighted by atomic mass is 31.2. The molecule has 2 saturated heterocycles. The number of fused-ring (bicyclic) bond motifs is 1. The van der Waals surface area contributed by atoms with Gasteiger partial charge in [0.25, 0.3) is 5.91 Å². The van der Waals surface area contributed by atoms with Crippen molar-refractivity contribution in [2.75, 3.05) is 80.7 Å². The quantitative estimate of drug-likeness (QED) is 0.318. The first-order valence-electron chi connectivity index (χ1n) is 13.8. The van der Waals surface area contributed by atoms with Crippen LogP contribution in [0.3, 0.4) is 0 Å². The SMILES string of the molecule is COc1cc(OC)cc(C(=O)c2c(C)c(C(=O)NP(=O)(N3CCN(C)CC3)N3CCN(C)CC3)c3ccccn23)c1. The maximum Gasteiger partial charge on any atom is 0.311 e. The van der Waals surface area contributed by atoms with Crippen LogP contribution in [0, 0.1) is 6.92 Å². The summed E-state index contributed by atoms with van der Waals surface area (Å²) in [5.41, 5.74) is 2.16. The third-order valence-corrected chi connectivity index (χ3v) is 10.9. The number of hydrogen-bond donors (Lipinski definition) is 1. The van der Waals surface area contributed by atoms with Crippen molar-refractivity contribution in [2.45, 2.75) is 6.92 Å². The first-order valence-corrected chi connectivity index (χ1v) is 15.5. The molecule has 2 aliphatic rings. The van der Waals surface area contributed by atoms with Gasteiger partial charge in [0, 0.05) is 70.2 Å². The number of amides is 1. The molecule has 5 rings (SSSR count). The van der Waals surface area contributed by atoms with Gasteiger partial charge in [-0.15, -0.1) is 0 Å². The molecule has 2 aromatic heterocycles. The molecule has 0 aliphatic carbocycles. The third kappa shape index (κ3) is 5.65. The maximum atomic E-state index is 14.9. The van der Waals surface area contributed by atoms with Crippen LogP contribution in [0.4, 0.5) is 0 Å². The second kappa shape index (κ2) is 12.0. The number of aromatic nitrogens is 1. The molecule has 4 heterocycles. The number of nitrogens with one attached hydrogen (secondary N) is 1. The molecule has 0 unspecified atom stereocenters. The van der Waals surface area contributed by atoms with Gasteiger partial charge >= 0.3 is 7.59 Å². The smallest absolute Gasteiger partial charge is 0.311 e. The van der Waals surface area contributed by atoms with Gasteiger partial charge in [-0.25, -0.2) is 9.34 Å². The number of likely N-dealkylation sites (N-methyl/N-ethyl adjacent to an activating group) is 2. The molecule has 0 spiro atoms. The molecule has 2 aliphatic heterocycles. The van der Waals surface area contributed by atoms with Crippen molar-refractivity contribution in [3.63, 3.8) is 0 Å². The number of nitrogens with zero attached hydrogens (tertiary/aromatic N) is 5. The molecule has 0 saturated carbocycles. The lowest BCUT2D eigenvalue weighted by atomic mass is 10.0. The van der Waals surface area contributed by atoms with Gasteiger partial charge in [-0.2, -0.15) is 0 Å². The van der Waals surface area contributed by atoms with E-state index in [2.05, 4.69) is 14.9 Å². The minimum absolute atomic E-state index is 0.277. The average molecular weight is 583 g/mol. The van der Waals surface area contributed by atoms with Crippen LogP contribution in [0.5, 0.6) is 11.5 Å². The van der Waals surface area contributed by atoms with Crippen LogP contribution in [0.15, 0.2) is 42.6 Å². The van der Waals surface area contributed by atoms with Crippen LogP contribution in [0.1, 0.15) is 32.0 Å². The van der Waals surface area contributed by atoms with Gasteiger partial charge < -0.3 is 23.7 Å². The predicted molar refractivity (Wildman–Crippen MR) is 158 cm³/mol. The van der Waals surface area contributed by atoms with E-state index in [1.807, 2.05) is 41.6 Å². The van der Waals surface area contributed by atoms with Gasteiger partial charge in [-0.1, -0.05) is 6.07 Å². The number of ketones is 1. The van der Waals surface area contributed by atoms with Crippen molar-refractivity contribution in [1.82, 2.24) is 28.6 Å². The zero-order valence-electron chi connectivity index (χ0n) is 24.4. The molecule has 0 atom stereocenters. The second-order valence-corrected chi connectivity index (χ2v) is 13.2. The molecule has 11 nitrogen and oxygen atoms in total. The van der Waals surface area contributed by atoms with E-state index in [0.717, 1.165) is 26.2 Å². The Morgan fingerprint density at radius 2 is 1.37 bits per heavy atom. The third-order valence-electron chi connectivity index (χ3n) is 8.12. The van der Waals surface area contributed by atoms with Gasteiger partial charge in [-0.05, 0) is 50.8 Å². The molecule has 0 bridgehead atoms. The first-order chi connectivity index (χ1) is 19.7. The van der Waals surface area contributed by atoms with E-state index in [4.69, 9.17) is 9.47 Å². The number of piperazine rings is 2. The molecule has 220 valence electrons. The van der Waals surface area contributed by atoms with Gasteiger partial charge in [0.2, 0.25) is 5.78 Å². The average Bonchev–Trinajstić information content (AvgIpc) is 3.28. The minimum Gasteiger partial charge on any atom is -0.497 e. The fourth-order valence-corrected chi connectivity index (χ4v) is 8.08. The van der Waals surface area contributed by atoms with Gasteiger partial charge in [0.1, 0.15) is 11.5 Å². The van der Waals surface area contributed by atoms with E-state index in [1.165, 1.54) is 14.2 Å². The summed E-state index contributed by atoms with van der Waals surface area (Å²) in [6.07, 6.45) is 1.77. The van der Waals surface area contributed by atoms with Crippen LogP contribution in [-0.4, -0.2) is 116 Å². The highest BCUT2D eigenvalue weighted by Crippen LogP contribution is 2.50. The molecule has 1 amide bonds. The van der Waals surface area contributed by atoms with Crippen molar-refractivity contribution in [1.29, 1.82) is 0 Å². The Kier molecular flexibility index (Phi) is 8.54. The fraction of sp³-hybridized carbons (Fsp3) is 0.448. The molecule has 0 radical (unpaired) electrons. The van der Waals surface area contributed by atoms with Crippen molar-refractivity contribution in [2.24, 2.45) is 0 Å². The molecule has 2 fully saturated rings. The number of ether oxygens (including phenoxy) is 2. The number of carbonyl (C=O) groups excluding carboxylic acids is 2. The zero-order valence-corrected chi connectivity index (χ0v) is 25.3. The summed E-state index contributed by atoms with van der Waals surface area (Å²) < 4.78 is 31.2. The van der Waals surface area contributed by atoms with Gasteiger partial charge in [-0.3, -0.25) is 19.2 Å². The molecule has 1 N–H and O–H groups in total. The first kappa shape index (κ1) is 29.3. The molecular formula is C29H39N6O5P. The number of methoxy groups -OCH3 is 2. The van der Waals surface area contributed by atoms with Crippen LogP contribution in [0.25, 0.3) is 5.52 Å². The van der Waals surface area contributed by atoms with E-state index >= 15 is 0 Å². The van der Waals surface area contributed by atoms with Crippen LogP contribution in [-0.2, 0) is 4.57 Å². The lowest BCUT2D eigenvalue weighted by molar-refractivity contribution is 0.0968. The fourth-order valence-electron chi connectivity index (χ4n) is 5.62. The summed E-state index contributed by atoms with van der Waals surface area (Å²) in [4.78, 5) is 32.5. The molecule has 12 heteroatoms. The topological polar surface area (TPSA) is 99.1 Å². The monoisotopic (exact) mass is 582 g/mol. The lowest BCUT2D eigenvalue weighted by Gasteiger charge is -2.44. The van der Waals surface area contributed by atoms with Gasteiger partial charge in [0.05, 0.1) is 31.0 Å². The van der Waals surface area contributed by atoms with E-state index in [9.17, 15) is 14.2 Å². The highest BCUT2D eigenvalue weighted by Gasteiger charge is 2.42. The number of carbonyl (C=O) groups is 2. The van der Waals surface area contributed by atoms with Crippen LogP contribution < -0.4 is 14.6 Å². The van der Waals surface area contributed by atoms with E-state index in [1.54, 1.807) is 35.7 Å². The van der Waals surface area contributed by atoms with Crippen molar-refractivity contribution >= 4 is 24.8 Å². The normalized spacial score (nSPS) is 18.0. The Balaban J connectivity index is 1.55. The Hall–Kier alpha value is -3.21. The molecule has 3 aromatic rings. The summed E-state index contributed by atoms with van der Waals surface area (Å²) in [6, 6.07) is 10.5. The van der Waals surface area contributed by atoms with E-state index in [0.29, 0.717) is 65.6 Å². The molecule has 41 heavy (non-hydrogen) atoms. The second-order valence-electron chi connectivity index (χ2n) is 10.7. The number of benzene rings is 1.